The van der Waals surface area contributed by atoms with Crippen LogP contribution in [0.1, 0.15) is 28.5 Å². The molecule has 2 aromatic rings. The van der Waals surface area contributed by atoms with E-state index in [1.165, 1.54) is 11.1 Å². The van der Waals surface area contributed by atoms with Gasteiger partial charge in [-0.05, 0) is 32.4 Å². The number of aromatic nitrogens is 1. The summed E-state index contributed by atoms with van der Waals surface area (Å²) >= 11 is 0. The predicted molar refractivity (Wildman–Crippen MR) is 71.7 cm³/mol. The highest BCUT2D eigenvalue weighted by atomic mass is 16.5. The quantitative estimate of drug-likeness (QED) is 0.839. The lowest BCUT2D eigenvalue weighted by atomic mass is 10.0. The van der Waals surface area contributed by atoms with Gasteiger partial charge < -0.3 is 9.72 Å². The van der Waals surface area contributed by atoms with Crippen molar-refractivity contribution < 1.29 is 9.53 Å². The third kappa shape index (κ3) is 2.45. The van der Waals surface area contributed by atoms with Crippen LogP contribution in [0.4, 0.5) is 0 Å². The minimum atomic E-state index is -0.309. The third-order valence-electron chi connectivity index (χ3n) is 2.76. The molecule has 0 radical (unpaired) electrons. The van der Waals surface area contributed by atoms with Gasteiger partial charge in [-0.1, -0.05) is 29.3 Å². The van der Waals surface area contributed by atoms with Crippen molar-refractivity contribution in [2.45, 2.75) is 20.8 Å². The number of hydrogen-bond acceptors (Lipinski definition) is 2. The minimum Gasteiger partial charge on any atom is -0.461 e. The maximum atomic E-state index is 11.8. The Bertz CT molecular complexity index is 549. The van der Waals surface area contributed by atoms with Crippen LogP contribution in [0.25, 0.3) is 11.1 Å². The van der Waals surface area contributed by atoms with E-state index >= 15 is 0 Å². The summed E-state index contributed by atoms with van der Waals surface area (Å²) < 4.78 is 5.04. The number of aryl methyl sites for hydroxylation is 2. The molecular weight excluding hydrogens is 226 g/mol. The molecule has 1 aromatic carbocycles. The van der Waals surface area contributed by atoms with Gasteiger partial charge in [0.1, 0.15) is 5.69 Å². The Hall–Kier alpha value is -2.03. The van der Waals surface area contributed by atoms with Gasteiger partial charge in [0.15, 0.2) is 0 Å². The van der Waals surface area contributed by atoms with Gasteiger partial charge >= 0.3 is 5.97 Å². The zero-order chi connectivity index (χ0) is 13.1. The number of hydrogen-bond donors (Lipinski definition) is 1. The highest BCUT2D eigenvalue weighted by Gasteiger charge is 2.15. The van der Waals surface area contributed by atoms with E-state index in [1.54, 1.807) is 13.1 Å². The molecule has 3 heteroatoms. The molecule has 1 aromatic heterocycles. The molecule has 0 aliphatic carbocycles. The molecule has 0 bridgehead atoms. The number of esters is 1. The van der Waals surface area contributed by atoms with Crippen LogP contribution >= 0.6 is 0 Å². The predicted octanol–water partition coefficient (Wildman–Crippen LogP) is 3.48. The van der Waals surface area contributed by atoms with E-state index in [4.69, 9.17) is 4.74 Å². The van der Waals surface area contributed by atoms with E-state index in [9.17, 15) is 4.79 Å². The van der Waals surface area contributed by atoms with Crippen molar-refractivity contribution in [1.29, 1.82) is 0 Å². The van der Waals surface area contributed by atoms with Gasteiger partial charge in [0.05, 0.1) is 6.61 Å². The first kappa shape index (κ1) is 12.4. The highest BCUT2D eigenvalue weighted by Crippen LogP contribution is 2.25. The van der Waals surface area contributed by atoms with Crippen LogP contribution in [-0.4, -0.2) is 17.6 Å². The number of nitrogens with one attached hydrogen (secondary N) is 1. The van der Waals surface area contributed by atoms with E-state index in [0.717, 1.165) is 11.1 Å². The molecule has 0 saturated heterocycles. The van der Waals surface area contributed by atoms with Crippen LogP contribution in [0.5, 0.6) is 0 Å². The monoisotopic (exact) mass is 243 g/mol. The lowest BCUT2D eigenvalue weighted by Crippen LogP contribution is -2.06. The molecule has 0 aliphatic rings. The lowest BCUT2D eigenvalue weighted by molar-refractivity contribution is 0.0521. The number of carbonyl (C=O) groups is 1. The average molecular weight is 243 g/mol. The van der Waals surface area contributed by atoms with E-state index in [1.807, 2.05) is 19.9 Å². The summed E-state index contributed by atoms with van der Waals surface area (Å²) in [5.41, 5.74) is 4.81. The van der Waals surface area contributed by atoms with Crippen molar-refractivity contribution in [3.05, 3.63) is 47.3 Å². The molecule has 2 rings (SSSR count). The average Bonchev–Trinajstić information content (AvgIpc) is 2.76. The molecular formula is C15H17NO2. The van der Waals surface area contributed by atoms with Gasteiger partial charge in [-0.25, -0.2) is 4.79 Å². The van der Waals surface area contributed by atoms with Crippen molar-refractivity contribution in [1.82, 2.24) is 4.98 Å². The SMILES string of the molecule is CCOC(=O)c1[nH]ccc1-c1cc(C)cc(C)c1. The number of aromatic amines is 1. The normalized spacial score (nSPS) is 10.4. The summed E-state index contributed by atoms with van der Waals surface area (Å²) in [4.78, 5) is 14.8. The minimum absolute atomic E-state index is 0.309. The fraction of sp³-hybridized carbons (Fsp3) is 0.267. The first-order chi connectivity index (χ1) is 8.61. The van der Waals surface area contributed by atoms with Crippen molar-refractivity contribution in [2.24, 2.45) is 0 Å². The summed E-state index contributed by atoms with van der Waals surface area (Å²) in [5.74, 6) is -0.309. The Kier molecular flexibility index (Phi) is 3.51. The van der Waals surface area contributed by atoms with Crippen LogP contribution in [0.15, 0.2) is 30.5 Å². The molecule has 0 unspecified atom stereocenters. The van der Waals surface area contributed by atoms with Crippen molar-refractivity contribution in [3.8, 4) is 11.1 Å². The fourth-order valence-electron chi connectivity index (χ4n) is 2.11. The first-order valence-corrected chi connectivity index (χ1v) is 6.05. The second-order valence-corrected chi connectivity index (χ2v) is 4.36. The largest absolute Gasteiger partial charge is 0.461 e. The summed E-state index contributed by atoms with van der Waals surface area (Å²) in [5, 5.41) is 0. The number of ether oxygens (including phenoxy) is 1. The number of rotatable bonds is 3. The molecule has 0 spiro atoms. The van der Waals surface area contributed by atoms with Gasteiger partial charge in [-0.15, -0.1) is 0 Å². The van der Waals surface area contributed by atoms with Crippen LogP contribution in [0.2, 0.25) is 0 Å². The van der Waals surface area contributed by atoms with Gasteiger partial charge in [0.2, 0.25) is 0 Å². The van der Waals surface area contributed by atoms with E-state index in [0.29, 0.717) is 12.3 Å². The van der Waals surface area contributed by atoms with Crippen LogP contribution in [0, 0.1) is 13.8 Å². The van der Waals surface area contributed by atoms with Crippen molar-refractivity contribution >= 4 is 5.97 Å². The van der Waals surface area contributed by atoms with Gasteiger partial charge in [-0.3, -0.25) is 0 Å². The zero-order valence-electron chi connectivity index (χ0n) is 10.9. The second kappa shape index (κ2) is 5.08. The van der Waals surface area contributed by atoms with Gasteiger partial charge in [-0.2, -0.15) is 0 Å². The van der Waals surface area contributed by atoms with Crippen molar-refractivity contribution in [2.75, 3.05) is 6.61 Å². The highest BCUT2D eigenvalue weighted by molar-refractivity contribution is 5.95. The first-order valence-electron chi connectivity index (χ1n) is 6.05. The standard InChI is InChI=1S/C15H17NO2/c1-4-18-15(17)14-13(5-6-16-14)12-8-10(2)7-11(3)9-12/h5-9,16H,4H2,1-3H3. The molecule has 3 nitrogen and oxygen atoms in total. The number of H-pyrrole nitrogens is 1. The molecule has 0 fully saturated rings. The second-order valence-electron chi connectivity index (χ2n) is 4.36. The van der Waals surface area contributed by atoms with Gasteiger partial charge in [0.25, 0.3) is 0 Å². The van der Waals surface area contributed by atoms with Crippen molar-refractivity contribution in [3.63, 3.8) is 0 Å². The summed E-state index contributed by atoms with van der Waals surface area (Å²) in [7, 11) is 0. The Balaban J connectivity index is 2.45. The molecule has 18 heavy (non-hydrogen) atoms. The molecule has 0 atom stereocenters. The van der Waals surface area contributed by atoms with E-state index < -0.39 is 0 Å². The summed E-state index contributed by atoms with van der Waals surface area (Å²) in [6, 6.07) is 8.15. The molecule has 94 valence electrons. The van der Waals surface area contributed by atoms with Crippen LogP contribution in [-0.2, 0) is 4.74 Å². The fourth-order valence-corrected chi connectivity index (χ4v) is 2.11. The smallest absolute Gasteiger partial charge is 0.355 e. The number of carbonyl (C=O) groups excluding carboxylic acids is 1. The Morgan fingerprint density at radius 1 is 1.22 bits per heavy atom. The number of benzene rings is 1. The van der Waals surface area contributed by atoms with Crippen LogP contribution < -0.4 is 0 Å². The Morgan fingerprint density at radius 2 is 1.89 bits per heavy atom. The third-order valence-corrected chi connectivity index (χ3v) is 2.76. The molecule has 0 aliphatic heterocycles. The Labute approximate surface area is 107 Å². The Morgan fingerprint density at radius 3 is 2.50 bits per heavy atom. The van der Waals surface area contributed by atoms with E-state index in [2.05, 4.69) is 23.2 Å². The van der Waals surface area contributed by atoms with Gasteiger partial charge in [0, 0.05) is 11.8 Å². The summed E-state index contributed by atoms with van der Waals surface area (Å²) in [6.45, 7) is 6.28. The maximum absolute atomic E-state index is 11.8. The molecule has 1 N–H and O–H groups in total. The maximum Gasteiger partial charge on any atom is 0.355 e. The molecule has 0 amide bonds. The zero-order valence-corrected chi connectivity index (χ0v) is 10.9. The summed E-state index contributed by atoms with van der Waals surface area (Å²) in [6.07, 6.45) is 1.76. The topological polar surface area (TPSA) is 42.1 Å². The van der Waals surface area contributed by atoms with Crippen LogP contribution in [0.3, 0.4) is 0 Å². The molecule has 0 saturated carbocycles. The lowest BCUT2D eigenvalue weighted by Gasteiger charge is -2.06. The molecule has 1 heterocycles. The van der Waals surface area contributed by atoms with E-state index in [-0.39, 0.29) is 5.97 Å².